The van der Waals surface area contributed by atoms with Gasteiger partial charge in [-0.15, -0.1) is 0 Å². The molecule has 0 spiro atoms. The van der Waals surface area contributed by atoms with E-state index in [9.17, 15) is 15.0 Å². The lowest BCUT2D eigenvalue weighted by molar-refractivity contribution is -0.151. The van der Waals surface area contributed by atoms with Crippen molar-refractivity contribution in [2.24, 2.45) is 0 Å². The maximum Gasteiger partial charge on any atom is 0.324 e. The quantitative estimate of drug-likeness (QED) is 0.689. The number of likely N-dealkylation sites (tertiary alicyclic amines) is 1. The second-order valence-corrected chi connectivity index (χ2v) is 4.35. The highest BCUT2D eigenvalue weighted by Crippen LogP contribution is 2.32. The van der Waals surface area contributed by atoms with Crippen molar-refractivity contribution < 1.29 is 19.7 Å². The van der Waals surface area contributed by atoms with E-state index < -0.39 is 17.6 Å². The Morgan fingerprint density at radius 1 is 1.62 bits per heavy atom. The van der Waals surface area contributed by atoms with E-state index in [1.165, 1.54) is 7.11 Å². The predicted molar refractivity (Wildman–Crippen MR) is 59.3 cm³/mol. The average Bonchev–Trinajstić information content (AvgIpc) is 2.62. The molecule has 94 valence electrons. The lowest BCUT2D eigenvalue weighted by atomic mass is 9.93. The zero-order valence-electron chi connectivity index (χ0n) is 9.98. The van der Waals surface area contributed by atoms with E-state index >= 15 is 0 Å². The molecule has 0 radical (unpaired) electrons. The number of hydrogen-bond donors (Lipinski definition) is 2. The summed E-state index contributed by atoms with van der Waals surface area (Å²) in [6.07, 6.45) is 1.49. The third-order valence-corrected chi connectivity index (χ3v) is 3.40. The normalized spacial score (nSPS) is 28.2. The molecule has 0 aromatic carbocycles. The third kappa shape index (κ3) is 2.53. The number of aliphatic carboxylic acids is 1. The Bertz CT molecular complexity index is 246. The van der Waals surface area contributed by atoms with Crippen LogP contribution in [0.2, 0.25) is 0 Å². The van der Waals surface area contributed by atoms with Crippen LogP contribution in [0.5, 0.6) is 0 Å². The zero-order valence-corrected chi connectivity index (χ0v) is 9.98. The van der Waals surface area contributed by atoms with Crippen LogP contribution >= 0.6 is 0 Å². The Kier molecular flexibility index (Phi) is 4.70. The van der Waals surface area contributed by atoms with Gasteiger partial charge in [0.15, 0.2) is 0 Å². The summed E-state index contributed by atoms with van der Waals surface area (Å²) in [4.78, 5) is 13.2. The molecule has 1 aliphatic heterocycles. The number of carbonyl (C=O) groups is 1. The maximum absolute atomic E-state index is 11.3. The molecule has 1 fully saturated rings. The minimum Gasteiger partial charge on any atom is -0.480 e. The number of carboxylic acid groups (broad SMARTS) is 1. The summed E-state index contributed by atoms with van der Waals surface area (Å²) in [6.45, 7) is 3.24. The van der Waals surface area contributed by atoms with Crippen LogP contribution in [-0.2, 0) is 9.53 Å². The molecule has 0 bridgehead atoms. The summed E-state index contributed by atoms with van der Waals surface area (Å²) in [5.41, 5.74) is -0.783. The summed E-state index contributed by atoms with van der Waals surface area (Å²) in [7, 11) is 1.53. The van der Waals surface area contributed by atoms with Crippen LogP contribution in [0.25, 0.3) is 0 Å². The summed E-state index contributed by atoms with van der Waals surface area (Å²) < 4.78 is 4.85. The lowest BCUT2D eigenvalue weighted by Crippen LogP contribution is -2.52. The van der Waals surface area contributed by atoms with Gasteiger partial charge in [0.2, 0.25) is 0 Å². The first kappa shape index (κ1) is 13.4. The summed E-state index contributed by atoms with van der Waals surface area (Å²) in [6, 6.07) is 0. The van der Waals surface area contributed by atoms with E-state index in [-0.39, 0.29) is 6.61 Å². The van der Waals surface area contributed by atoms with Crippen molar-refractivity contribution in [2.45, 2.75) is 37.8 Å². The van der Waals surface area contributed by atoms with E-state index in [2.05, 4.69) is 0 Å². The summed E-state index contributed by atoms with van der Waals surface area (Å²) >= 11 is 0. The molecule has 1 heterocycles. The van der Waals surface area contributed by atoms with Gasteiger partial charge >= 0.3 is 5.97 Å². The second kappa shape index (κ2) is 5.61. The fraction of sp³-hybridized carbons (Fsp3) is 0.909. The summed E-state index contributed by atoms with van der Waals surface area (Å²) in [5, 5.41) is 19.0. The van der Waals surface area contributed by atoms with Gasteiger partial charge < -0.3 is 14.9 Å². The fourth-order valence-corrected chi connectivity index (χ4v) is 2.49. The molecule has 1 saturated heterocycles. The monoisotopic (exact) mass is 231 g/mol. The molecular weight excluding hydrogens is 210 g/mol. The van der Waals surface area contributed by atoms with Crippen molar-refractivity contribution in [1.29, 1.82) is 0 Å². The SMILES string of the molecule is CCC1(C(=O)O)CCCN1CC(O)COC. The Hall–Kier alpha value is -0.650. The van der Waals surface area contributed by atoms with Crippen LogP contribution < -0.4 is 0 Å². The first-order chi connectivity index (χ1) is 7.56. The third-order valence-electron chi connectivity index (χ3n) is 3.40. The van der Waals surface area contributed by atoms with Gasteiger partial charge in [-0.1, -0.05) is 6.92 Å². The topological polar surface area (TPSA) is 70.0 Å². The number of nitrogens with zero attached hydrogens (tertiary/aromatic N) is 1. The molecule has 1 aliphatic rings. The van der Waals surface area contributed by atoms with E-state index in [1.807, 2.05) is 11.8 Å². The highest BCUT2D eigenvalue weighted by Gasteiger charge is 2.46. The Balaban J connectivity index is 2.67. The van der Waals surface area contributed by atoms with Crippen molar-refractivity contribution in [3.63, 3.8) is 0 Å². The Morgan fingerprint density at radius 2 is 2.31 bits per heavy atom. The highest BCUT2D eigenvalue weighted by atomic mass is 16.5. The van der Waals surface area contributed by atoms with Crippen molar-refractivity contribution in [3.8, 4) is 0 Å². The zero-order chi connectivity index (χ0) is 12.2. The first-order valence-electron chi connectivity index (χ1n) is 5.72. The molecule has 0 amide bonds. The Morgan fingerprint density at radius 3 is 2.81 bits per heavy atom. The molecule has 0 aromatic rings. The van der Waals surface area contributed by atoms with Gasteiger partial charge in [0, 0.05) is 13.7 Å². The van der Waals surface area contributed by atoms with Crippen LogP contribution in [0.15, 0.2) is 0 Å². The molecule has 2 unspecified atom stereocenters. The molecule has 2 atom stereocenters. The van der Waals surface area contributed by atoms with Crippen molar-refractivity contribution in [1.82, 2.24) is 4.90 Å². The lowest BCUT2D eigenvalue weighted by Gasteiger charge is -2.34. The number of carboxylic acids is 1. The van der Waals surface area contributed by atoms with E-state index in [4.69, 9.17) is 4.74 Å². The number of methoxy groups -OCH3 is 1. The predicted octanol–water partition coefficient (Wildman–Crippen LogP) is 0.323. The average molecular weight is 231 g/mol. The van der Waals surface area contributed by atoms with Gasteiger partial charge in [-0.25, -0.2) is 0 Å². The van der Waals surface area contributed by atoms with Crippen LogP contribution in [0.4, 0.5) is 0 Å². The number of aliphatic hydroxyl groups excluding tert-OH is 1. The molecule has 0 saturated carbocycles. The van der Waals surface area contributed by atoms with Gasteiger partial charge in [0.1, 0.15) is 5.54 Å². The Labute approximate surface area is 96.0 Å². The van der Waals surface area contributed by atoms with Crippen molar-refractivity contribution in [3.05, 3.63) is 0 Å². The first-order valence-corrected chi connectivity index (χ1v) is 5.72. The van der Waals surface area contributed by atoms with Gasteiger partial charge in [0.05, 0.1) is 12.7 Å². The van der Waals surface area contributed by atoms with Crippen LogP contribution in [-0.4, -0.2) is 59.5 Å². The van der Waals surface area contributed by atoms with Crippen molar-refractivity contribution >= 4 is 5.97 Å². The van der Waals surface area contributed by atoms with Crippen LogP contribution in [0.3, 0.4) is 0 Å². The maximum atomic E-state index is 11.3. The largest absolute Gasteiger partial charge is 0.480 e. The van der Waals surface area contributed by atoms with E-state index in [1.54, 1.807) is 0 Å². The molecule has 0 aromatic heterocycles. The molecule has 2 N–H and O–H groups in total. The molecular formula is C11H21NO4. The van der Waals surface area contributed by atoms with Gasteiger partial charge in [-0.05, 0) is 25.8 Å². The number of hydrogen-bond acceptors (Lipinski definition) is 4. The smallest absolute Gasteiger partial charge is 0.324 e. The van der Waals surface area contributed by atoms with E-state index in [0.29, 0.717) is 19.4 Å². The molecule has 16 heavy (non-hydrogen) atoms. The number of aliphatic hydroxyl groups is 1. The molecule has 0 aliphatic carbocycles. The highest BCUT2D eigenvalue weighted by molar-refractivity contribution is 5.79. The summed E-state index contributed by atoms with van der Waals surface area (Å²) in [5.74, 6) is -0.780. The number of ether oxygens (including phenoxy) is 1. The number of rotatable bonds is 6. The van der Waals surface area contributed by atoms with Gasteiger partial charge in [-0.3, -0.25) is 9.69 Å². The van der Waals surface area contributed by atoms with Crippen molar-refractivity contribution in [2.75, 3.05) is 26.8 Å². The van der Waals surface area contributed by atoms with Gasteiger partial charge in [-0.2, -0.15) is 0 Å². The number of β-amino-alcohol motifs (C(OH)–C–C–N with tert-alkyl or cyclic N) is 1. The molecule has 5 heteroatoms. The second-order valence-electron chi connectivity index (χ2n) is 4.35. The minimum absolute atomic E-state index is 0.246. The molecule has 1 rings (SSSR count). The fourth-order valence-electron chi connectivity index (χ4n) is 2.49. The van der Waals surface area contributed by atoms with Gasteiger partial charge in [0.25, 0.3) is 0 Å². The van der Waals surface area contributed by atoms with E-state index in [0.717, 1.165) is 13.0 Å². The molecule has 5 nitrogen and oxygen atoms in total. The standard InChI is InChI=1S/C11H21NO4/c1-3-11(10(14)15)5-4-6-12(11)7-9(13)8-16-2/h9,13H,3-8H2,1-2H3,(H,14,15). The van der Waals surface area contributed by atoms with Crippen LogP contribution in [0, 0.1) is 0 Å². The van der Waals surface area contributed by atoms with Crippen LogP contribution in [0.1, 0.15) is 26.2 Å². The minimum atomic E-state index is -0.783.